The Labute approximate surface area is 138 Å². The van der Waals surface area contributed by atoms with Gasteiger partial charge in [0, 0.05) is 11.4 Å². The maximum atomic E-state index is 12.2. The van der Waals surface area contributed by atoms with E-state index in [1.165, 1.54) is 18.3 Å². The van der Waals surface area contributed by atoms with Crippen LogP contribution in [-0.2, 0) is 27.2 Å². The second-order valence-corrected chi connectivity index (χ2v) is 6.40. The molecule has 8 heteroatoms. The van der Waals surface area contributed by atoms with Crippen LogP contribution in [0.4, 0.5) is 5.00 Å². The number of rotatable bonds is 5. The van der Waals surface area contributed by atoms with Crippen molar-refractivity contribution in [2.75, 3.05) is 18.5 Å². The van der Waals surface area contributed by atoms with Gasteiger partial charge in [0.15, 0.2) is 0 Å². The Morgan fingerprint density at radius 3 is 2.70 bits per heavy atom. The third-order valence-corrected chi connectivity index (χ3v) is 4.60. The first-order valence-corrected chi connectivity index (χ1v) is 8.34. The van der Waals surface area contributed by atoms with Crippen molar-refractivity contribution < 1.29 is 24.2 Å². The zero-order chi connectivity index (χ0) is 17.0. The van der Waals surface area contributed by atoms with Gasteiger partial charge in [0.1, 0.15) is 5.00 Å². The molecule has 7 nitrogen and oxygen atoms in total. The zero-order valence-electron chi connectivity index (χ0n) is 13.1. The number of nitrogens with one attached hydrogen (secondary N) is 2. The molecule has 0 saturated carbocycles. The largest absolute Gasteiger partial charge is 0.462 e. The molecule has 3 N–H and O–H groups in total. The Bertz CT molecular complexity index is 624. The molecule has 1 aromatic rings. The first kappa shape index (κ1) is 17.4. The van der Waals surface area contributed by atoms with Crippen molar-refractivity contribution in [3.8, 4) is 0 Å². The number of amides is 2. The number of carbonyl (C=O) groups is 3. The molecule has 23 heavy (non-hydrogen) atoms. The minimum Gasteiger partial charge on any atom is -0.462 e. The molecule has 0 fully saturated rings. The van der Waals surface area contributed by atoms with Gasteiger partial charge < -0.3 is 20.5 Å². The van der Waals surface area contributed by atoms with Crippen LogP contribution in [0.15, 0.2) is 0 Å². The summed E-state index contributed by atoms with van der Waals surface area (Å²) in [6, 6.07) is 0. The molecule has 1 aliphatic carbocycles. The number of ether oxygens (including phenoxy) is 1. The lowest BCUT2D eigenvalue weighted by molar-refractivity contribution is -0.136. The van der Waals surface area contributed by atoms with Crippen LogP contribution in [0.1, 0.15) is 41.1 Å². The lowest BCUT2D eigenvalue weighted by atomic mass is 10.1. The number of aliphatic hydroxyl groups is 1. The Morgan fingerprint density at radius 2 is 2.04 bits per heavy atom. The Kier molecular flexibility index (Phi) is 5.73. The van der Waals surface area contributed by atoms with Gasteiger partial charge in [-0.25, -0.2) is 4.79 Å². The summed E-state index contributed by atoms with van der Waals surface area (Å²) in [5.41, 5.74) is 1.27. The Balaban J connectivity index is 2.15. The van der Waals surface area contributed by atoms with Gasteiger partial charge in [-0.3, -0.25) is 9.59 Å². The van der Waals surface area contributed by atoms with Crippen molar-refractivity contribution >= 4 is 34.1 Å². The first-order valence-electron chi connectivity index (χ1n) is 7.52. The van der Waals surface area contributed by atoms with Crippen molar-refractivity contribution in [3.05, 3.63) is 16.0 Å². The average Bonchev–Trinajstić information content (AvgIpc) is 3.04. The molecule has 0 aromatic carbocycles. The van der Waals surface area contributed by atoms with Crippen LogP contribution in [0.25, 0.3) is 0 Å². The molecule has 0 radical (unpaired) electrons. The predicted octanol–water partition coefficient (Wildman–Crippen LogP) is 0.849. The smallest absolute Gasteiger partial charge is 0.341 e. The third-order valence-electron chi connectivity index (χ3n) is 3.39. The second kappa shape index (κ2) is 7.56. The number of anilines is 1. The van der Waals surface area contributed by atoms with Gasteiger partial charge in [0.2, 0.25) is 0 Å². The summed E-state index contributed by atoms with van der Waals surface area (Å²) in [6.45, 7) is 3.44. The van der Waals surface area contributed by atoms with Crippen LogP contribution < -0.4 is 10.6 Å². The normalized spacial score (nSPS) is 14.0. The highest BCUT2D eigenvalue weighted by atomic mass is 32.1. The number of aryl methyl sites for hydroxylation is 1. The third kappa shape index (κ3) is 4.08. The molecule has 2 amide bonds. The molecule has 0 aliphatic heterocycles. The number of esters is 1. The second-order valence-electron chi connectivity index (χ2n) is 5.30. The molecule has 1 unspecified atom stereocenters. The average molecular weight is 340 g/mol. The summed E-state index contributed by atoms with van der Waals surface area (Å²) >= 11 is 1.31. The summed E-state index contributed by atoms with van der Waals surface area (Å²) in [5, 5.41) is 14.3. The number of aliphatic hydroxyl groups excluding tert-OH is 1. The summed E-state index contributed by atoms with van der Waals surface area (Å²) < 4.78 is 5.06. The van der Waals surface area contributed by atoms with Crippen LogP contribution in [0.5, 0.6) is 0 Å². The van der Waals surface area contributed by atoms with E-state index in [0.717, 1.165) is 29.7 Å². The van der Waals surface area contributed by atoms with Crippen molar-refractivity contribution in [2.45, 2.75) is 39.2 Å². The van der Waals surface area contributed by atoms with Crippen molar-refractivity contribution in [3.63, 3.8) is 0 Å². The van der Waals surface area contributed by atoms with E-state index in [4.69, 9.17) is 9.84 Å². The number of thiophene rings is 1. The van der Waals surface area contributed by atoms with Crippen LogP contribution in [0, 0.1) is 0 Å². The predicted molar refractivity (Wildman–Crippen MR) is 85.6 cm³/mol. The maximum Gasteiger partial charge on any atom is 0.341 e. The molecule has 1 aliphatic rings. The minimum absolute atomic E-state index is 0.0159. The van der Waals surface area contributed by atoms with Crippen molar-refractivity contribution in [1.29, 1.82) is 0 Å². The van der Waals surface area contributed by atoms with E-state index in [1.54, 1.807) is 6.92 Å². The first-order chi connectivity index (χ1) is 10.9. The standard InChI is InChI=1S/C15H20N2O5S/c1-3-22-15(21)11-9-5-4-6-10(9)23-14(11)17-13(20)12(19)16-7-8(2)18/h8,18H,3-7H2,1-2H3,(H,16,19)(H,17,20). The van der Waals surface area contributed by atoms with Gasteiger partial charge in [-0.05, 0) is 38.7 Å². The van der Waals surface area contributed by atoms with Gasteiger partial charge in [-0.15, -0.1) is 11.3 Å². The highest BCUT2D eigenvalue weighted by Gasteiger charge is 2.29. The number of fused-ring (bicyclic) bond motifs is 1. The van der Waals surface area contributed by atoms with E-state index < -0.39 is 23.9 Å². The Morgan fingerprint density at radius 1 is 1.30 bits per heavy atom. The van der Waals surface area contributed by atoms with Gasteiger partial charge in [-0.2, -0.15) is 0 Å². The van der Waals surface area contributed by atoms with Gasteiger partial charge in [0.25, 0.3) is 0 Å². The van der Waals surface area contributed by atoms with Crippen LogP contribution >= 0.6 is 11.3 Å². The Hall–Kier alpha value is -1.93. The fourth-order valence-electron chi connectivity index (χ4n) is 2.39. The van der Waals surface area contributed by atoms with E-state index in [2.05, 4.69) is 10.6 Å². The zero-order valence-corrected chi connectivity index (χ0v) is 13.9. The van der Waals surface area contributed by atoms with E-state index in [9.17, 15) is 14.4 Å². The minimum atomic E-state index is -0.865. The molecule has 1 heterocycles. The summed E-state index contributed by atoms with van der Waals surface area (Å²) in [7, 11) is 0. The quantitative estimate of drug-likeness (QED) is 0.544. The molecule has 1 atom stereocenters. The van der Waals surface area contributed by atoms with Crippen LogP contribution in [0.3, 0.4) is 0 Å². The van der Waals surface area contributed by atoms with E-state index in [0.29, 0.717) is 10.6 Å². The number of hydrogen-bond donors (Lipinski definition) is 3. The van der Waals surface area contributed by atoms with Gasteiger partial charge in [-0.1, -0.05) is 0 Å². The molecule has 126 valence electrons. The SMILES string of the molecule is CCOC(=O)c1c(NC(=O)C(=O)NCC(C)O)sc2c1CCC2. The molecule has 1 aromatic heterocycles. The van der Waals surface area contributed by atoms with Crippen LogP contribution in [-0.4, -0.2) is 42.1 Å². The summed E-state index contributed by atoms with van der Waals surface area (Å²) in [5.74, 6) is -2.20. The fourth-order valence-corrected chi connectivity index (χ4v) is 3.66. The monoisotopic (exact) mass is 340 g/mol. The number of hydrogen-bond acceptors (Lipinski definition) is 6. The van der Waals surface area contributed by atoms with Crippen molar-refractivity contribution in [2.24, 2.45) is 0 Å². The molecular formula is C15H20N2O5S. The highest BCUT2D eigenvalue weighted by Crippen LogP contribution is 2.39. The van der Waals surface area contributed by atoms with Crippen LogP contribution in [0.2, 0.25) is 0 Å². The topological polar surface area (TPSA) is 105 Å². The summed E-state index contributed by atoms with van der Waals surface area (Å²) in [6.07, 6.45) is 1.85. The van der Waals surface area contributed by atoms with E-state index in [-0.39, 0.29) is 13.2 Å². The highest BCUT2D eigenvalue weighted by molar-refractivity contribution is 7.17. The lowest BCUT2D eigenvalue weighted by Crippen LogP contribution is -2.38. The van der Waals surface area contributed by atoms with Gasteiger partial charge >= 0.3 is 17.8 Å². The molecular weight excluding hydrogens is 320 g/mol. The van der Waals surface area contributed by atoms with Crippen molar-refractivity contribution in [1.82, 2.24) is 5.32 Å². The number of carbonyl (C=O) groups excluding carboxylic acids is 3. The summed E-state index contributed by atoms with van der Waals surface area (Å²) in [4.78, 5) is 36.8. The molecule has 2 rings (SSSR count). The molecule has 0 spiro atoms. The fraction of sp³-hybridized carbons (Fsp3) is 0.533. The maximum absolute atomic E-state index is 12.2. The molecule has 0 bridgehead atoms. The lowest BCUT2D eigenvalue weighted by Gasteiger charge is -2.09. The molecule has 0 saturated heterocycles. The van der Waals surface area contributed by atoms with E-state index in [1.807, 2.05) is 0 Å². The van der Waals surface area contributed by atoms with Gasteiger partial charge in [0.05, 0.1) is 18.3 Å². The van der Waals surface area contributed by atoms with E-state index >= 15 is 0 Å².